The lowest BCUT2D eigenvalue weighted by atomic mass is 10.00. The number of halogens is 1. The van der Waals surface area contributed by atoms with Crippen LogP contribution < -0.4 is 10.9 Å². The van der Waals surface area contributed by atoms with Gasteiger partial charge in [-0.25, -0.2) is 14.8 Å². The van der Waals surface area contributed by atoms with Crippen LogP contribution in [0.1, 0.15) is 60.2 Å². The zero-order valence-electron chi connectivity index (χ0n) is 17.3. The Morgan fingerprint density at radius 3 is 2.63 bits per heavy atom. The monoisotopic (exact) mass is 410 g/mol. The van der Waals surface area contributed by atoms with Gasteiger partial charge in [-0.15, -0.1) is 0 Å². The highest BCUT2D eigenvalue weighted by Gasteiger charge is 2.43. The fourth-order valence-corrected chi connectivity index (χ4v) is 3.86. The molecule has 0 unspecified atom stereocenters. The second-order valence-corrected chi connectivity index (χ2v) is 8.31. The molecule has 0 amide bonds. The number of aromatic nitrogens is 3. The minimum Gasteiger partial charge on any atom is -0.476 e. The van der Waals surface area contributed by atoms with E-state index in [0.29, 0.717) is 10.9 Å². The van der Waals surface area contributed by atoms with Crippen LogP contribution in [0.25, 0.3) is 10.9 Å². The van der Waals surface area contributed by atoms with Crippen molar-refractivity contribution in [3.8, 4) is 0 Å². The summed E-state index contributed by atoms with van der Waals surface area (Å²) in [6.07, 6.45) is 1.97. The third-order valence-electron chi connectivity index (χ3n) is 5.80. The molecule has 0 aliphatic heterocycles. The number of benzene rings is 1. The molecule has 8 heteroatoms. The molecule has 7 nitrogen and oxygen atoms in total. The van der Waals surface area contributed by atoms with Crippen molar-refractivity contribution in [2.45, 2.75) is 45.1 Å². The van der Waals surface area contributed by atoms with E-state index in [2.05, 4.69) is 17.2 Å². The SMILES string of the molecule is Cc1cc([C@@H](C)Nc2ccc(F)nc2C(=O)O)c2nc(C3(C)CC3)n(C)c(=O)c2c1. The molecule has 1 aliphatic carbocycles. The van der Waals surface area contributed by atoms with Crippen LogP contribution in [-0.4, -0.2) is 25.6 Å². The number of fused-ring (bicyclic) bond motifs is 1. The number of carbonyl (C=O) groups is 1. The topological polar surface area (TPSA) is 97.1 Å². The number of aryl methyl sites for hydroxylation is 1. The number of pyridine rings is 1. The summed E-state index contributed by atoms with van der Waals surface area (Å²) >= 11 is 0. The molecule has 0 spiro atoms. The average molecular weight is 410 g/mol. The summed E-state index contributed by atoms with van der Waals surface area (Å²) in [6.45, 7) is 5.84. The maximum atomic E-state index is 13.4. The lowest BCUT2D eigenvalue weighted by Gasteiger charge is -2.21. The maximum Gasteiger partial charge on any atom is 0.356 e. The Labute approximate surface area is 172 Å². The van der Waals surface area contributed by atoms with Crippen LogP contribution in [0.5, 0.6) is 0 Å². The van der Waals surface area contributed by atoms with E-state index in [4.69, 9.17) is 4.98 Å². The highest BCUT2D eigenvalue weighted by Crippen LogP contribution is 2.46. The molecule has 0 radical (unpaired) electrons. The average Bonchev–Trinajstić information content (AvgIpc) is 3.43. The minimum atomic E-state index is -1.32. The van der Waals surface area contributed by atoms with E-state index in [1.165, 1.54) is 6.07 Å². The molecule has 2 N–H and O–H groups in total. The van der Waals surface area contributed by atoms with Crippen molar-refractivity contribution in [1.29, 1.82) is 0 Å². The van der Waals surface area contributed by atoms with Crippen LogP contribution in [0.3, 0.4) is 0 Å². The molecule has 1 saturated carbocycles. The summed E-state index contributed by atoms with van der Waals surface area (Å²) in [5.41, 5.74) is 1.87. The molecular weight excluding hydrogens is 387 g/mol. The van der Waals surface area contributed by atoms with Crippen molar-refractivity contribution in [1.82, 2.24) is 14.5 Å². The molecule has 30 heavy (non-hydrogen) atoms. The Hall–Kier alpha value is -3.29. The van der Waals surface area contributed by atoms with Gasteiger partial charge in [0.05, 0.1) is 22.6 Å². The smallest absolute Gasteiger partial charge is 0.356 e. The van der Waals surface area contributed by atoms with E-state index in [9.17, 15) is 19.1 Å². The summed E-state index contributed by atoms with van der Waals surface area (Å²) in [6, 6.07) is 5.82. The zero-order valence-corrected chi connectivity index (χ0v) is 17.3. The Balaban J connectivity index is 1.86. The van der Waals surface area contributed by atoms with Gasteiger partial charge in [-0.1, -0.05) is 13.0 Å². The second-order valence-electron chi connectivity index (χ2n) is 8.31. The van der Waals surface area contributed by atoms with Crippen LogP contribution in [0.15, 0.2) is 29.1 Å². The van der Waals surface area contributed by atoms with Crippen LogP contribution in [0.4, 0.5) is 10.1 Å². The molecule has 1 aromatic carbocycles. The molecule has 1 atom stereocenters. The first kappa shape index (κ1) is 20.0. The van der Waals surface area contributed by atoms with Gasteiger partial charge in [0.15, 0.2) is 5.69 Å². The number of hydrogen-bond acceptors (Lipinski definition) is 5. The molecule has 0 bridgehead atoms. The van der Waals surface area contributed by atoms with Gasteiger partial charge in [0.1, 0.15) is 5.82 Å². The lowest BCUT2D eigenvalue weighted by Crippen LogP contribution is -2.27. The van der Waals surface area contributed by atoms with Crippen molar-refractivity contribution in [2.75, 3.05) is 5.32 Å². The van der Waals surface area contributed by atoms with Crippen molar-refractivity contribution >= 4 is 22.6 Å². The Kier molecular flexibility index (Phi) is 4.60. The number of aromatic carboxylic acids is 1. The Morgan fingerprint density at radius 2 is 2.00 bits per heavy atom. The van der Waals surface area contributed by atoms with Crippen LogP contribution in [0.2, 0.25) is 0 Å². The van der Waals surface area contributed by atoms with Gasteiger partial charge in [-0.2, -0.15) is 4.39 Å². The first-order chi connectivity index (χ1) is 14.1. The summed E-state index contributed by atoms with van der Waals surface area (Å²) in [5.74, 6) is -1.43. The summed E-state index contributed by atoms with van der Waals surface area (Å²) < 4.78 is 15.1. The minimum absolute atomic E-state index is 0.0989. The summed E-state index contributed by atoms with van der Waals surface area (Å²) in [5, 5.41) is 13.0. The van der Waals surface area contributed by atoms with E-state index >= 15 is 0 Å². The van der Waals surface area contributed by atoms with E-state index < -0.39 is 23.7 Å². The number of anilines is 1. The molecule has 156 valence electrons. The van der Waals surface area contributed by atoms with Gasteiger partial charge < -0.3 is 10.4 Å². The van der Waals surface area contributed by atoms with Gasteiger partial charge in [0, 0.05) is 18.0 Å². The van der Waals surface area contributed by atoms with Gasteiger partial charge in [0.25, 0.3) is 5.56 Å². The van der Waals surface area contributed by atoms with Crippen LogP contribution >= 0.6 is 0 Å². The zero-order chi connectivity index (χ0) is 21.8. The predicted octanol–water partition coefficient (Wildman–Crippen LogP) is 3.70. The molecule has 3 aromatic rings. The van der Waals surface area contributed by atoms with E-state index in [0.717, 1.165) is 35.9 Å². The van der Waals surface area contributed by atoms with Crippen molar-refractivity contribution < 1.29 is 14.3 Å². The largest absolute Gasteiger partial charge is 0.476 e. The molecular formula is C22H23FN4O3. The number of rotatable bonds is 5. The third-order valence-corrected chi connectivity index (χ3v) is 5.80. The normalized spacial score (nSPS) is 15.8. The summed E-state index contributed by atoms with van der Waals surface area (Å²) in [7, 11) is 1.75. The van der Waals surface area contributed by atoms with Gasteiger partial charge in [-0.3, -0.25) is 9.36 Å². The van der Waals surface area contributed by atoms with Crippen molar-refractivity contribution in [3.63, 3.8) is 0 Å². The standard InChI is InChI=1S/C22H23FN4O3/c1-11-9-13(12(2)24-15-5-6-16(23)25-18(15)20(29)30)17-14(10-11)19(28)27(4)21(26-17)22(3)7-8-22/h5-6,9-10,12,24H,7-8H2,1-4H3,(H,29,30)/t12-/m1/s1. The van der Waals surface area contributed by atoms with Gasteiger partial charge in [0.2, 0.25) is 5.95 Å². The fraction of sp³-hybridized carbons (Fsp3) is 0.364. The Bertz CT molecular complexity index is 1250. The molecule has 1 aliphatic rings. The molecule has 2 aromatic heterocycles. The predicted molar refractivity (Wildman–Crippen MR) is 111 cm³/mol. The fourth-order valence-electron chi connectivity index (χ4n) is 3.86. The van der Waals surface area contributed by atoms with E-state index in [-0.39, 0.29) is 16.7 Å². The number of hydrogen-bond donors (Lipinski definition) is 2. The molecule has 1 fully saturated rings. The lowest BCUT2D eigenvalue weighted by molar-refractivity contribution is 0.0690. The first-order valence-electron chi connectivity index (χ1n) is 9.79. The number of carboxylic acids is 1. The Morgan fingerprint density at radius 1 is 1.30 bits per heavy atom. The van der Waals surface area contributed by atoms with Crippen LogP contribution in [-0.2, 0) is 12.5 Å². The number of carboxylic acid groups (broad SMARTS) is 1. The molecule has 4 rings (SSSR count). The van der Waals surface area contributed by atoms with Crippen molar-refractivity contribution in [2.24, 2.45) is 7.05 Å². The number of nitrogens with one attached hydrogen (secondary N) is 1. The van der Waals surface area contributed by atoms with E-state index in [1.54, 1.807) is 11.6 Å². The maximum absolute atomic E-state index is 13.4. The third kappa shape index (κ3) is 3.32. The summed E-state index contributed by atoms with van der Waals surface area (Å²) in [4.78, 5) is 32.9. The van der Waals surface area contributed by atoms with Crippen LogP contribution in [0, 0.1) is 12.9 Å². The quantitative estimate of drug-likeness (QED) is 0.623. The highest BCUT2D eigenvalue weighted by atomic mass is 19.1. The van der Waals surface area contributed by atoms with Gasteiger partial charge >= 0.3 is 5.97 Å². The molecule has 0 saturated heterocycles. The van der Waals surface area contributed by atoms with Crippen molar-refractivity contribution in [3.05, 3.63) is 63.2 Å². The highest BCUT2D eigenvalue weighted by molar-refractivity contribution is 5.92. The first-order valence-corrected chi connectivity index (χ1v) is 9.79. The van der Waals surface area contributed by atoms with Gasteiger partial charge in [-0.05, 0) is 50.5 Å². The van der Waals surface area contributed by atoms with E-state index in [1.807, 2.05) is 26.0 Å². The second kappa shape index (κ2) is 6.90. The number of nitrogens with zero attached hydrogens (tertiary/aromatic N) is 3. The molecule has 2 heterocycles.